The molecule has 52 heavy (non-hydrogen) atoms. The van der Waals surface area contributed by atoms with E-state index in [0.717, 1.165) is 36.1 Å². The molecule has 3 aromatic carbocycles. The van der Waals surface area contributed by atoms with Crippen molar-refractivity contribution in [3.05, 3.63) is 100 Å². The van der Waals surface area contributed by atoms with E-state index in [2.05, 4.69) is 91.5 Å². The molecule has 0 bridgehead atoms. The van der Waals surface area contributed by atoms with E-state index >= 15 is 0 Å². The average molecular weight is 852 g/mol. The molecule has 1 unspecified atom stereocenters. The molecular formula is C46H68Cl2N2PRu-. The van der Waals surface area contributed by atoms with Gasteiger partial charge in [-0.25, -0.2) is 0 Å². The Balaban J connectivity index is 0.000000174. The molecule has 1 aliphatic heterocycles. The van der Waals surface area contributed by atoms with E-state index in [9.17, 15) is 0 Å². The summed E-state index contributed by atoms with van der Waals surface area (Å²) in [4.78, 5) is 4.81. The monoisotopic (exact) mass is 851 g/mol. The van der Waals surface area contributed by atoms with Gasteiger partial charge in [-0.1, -0.05) is 119 Å². The summed E-state index contributed by atoms with van der Waals surface area (Å²) in [5, 5.41) is 0. The third-order valence-corrected chi connectivity index (χ3v) is 13.9. The van der Waals surface area contributed by atoms with Crippen LogP contribution < -0.4 is 9.80 Å². The Hall–Kier alpha value is -1.24. The van der Waals surface area contributed by atoms with Crippen molar-refractivity contribution in [3.63, 3.8) is 0 Å². The molecule has 3 saturated carbocycles. The number of hydrogen-bond donors (Lipinski definition) is 0. The van der Waals surface area contributed by atoms with E-state index in [4.69, 9.17) is 19.4 Å². The van der Waals surface area contributed by atoms with Gasteiger partial charge in [-0.05, 0) is 94.1 Å². The quantitative estimate of drug-likeness (QED) is 0.147. The van der Waals surface area contributed by atoms with Gasteiger partial charge in [0.1, 0.15) is 0 Å². The second-order valence-electron chi connectivity index (χ2n) is 15.9. The van der Waals surface area contributed by atoms with Crippen LogP contribution in [0.3, 0.4) is 0 Å². The summed E-state index contributed by atoms with van der Waals surface area (Å²) in [6, 6.07) is 19.0. The summed E-state index contributed by atoms with van der Waals surface area (Å²) >= 11 is -1.61. The Morgan fingerprint density at radius 1 is 0.577 bits per heavy atom. The number of hydrogen-bond acceptors (Lipinski definition) is 2. The molecule has 6 heteroatoms. The molecule has 3 aliphatic carbocycles. The van der Waals surface area contributed by atoms with Gasteiger partial charge in [-0.3, -0.25) is 0 Å². The summed E-state index contributed by atoms with van der Waals surface area (Å²) in [6.07, 6.45) is 22.7. The zero-order valence-electron chi connectivity index (χ0n) is 33.2. The number of rotatable bonds is 4. The Morgan fingerprint density at radius 2 is 0.942 bits per heavy atom. The van der Waals surface area contributed by atoms with Gasteiger partial charge in [-0.2, -0.15) is 6.67 Å². The molecule has 0 N–H and O–H groups in total. The molecule has 3 aromatic rings. The summed E-state index contributed by atoms with van der Waals surface area (Å²) < 4.78 is 1.92. The minimum absolute atomic E-state index is 0.953. The average Bonchev–Trinajstić information content (AvgIpc) is 3.58. The van der Waals surface area contributed by atoms with Crippen LogP contribution in [0.2, 0.25) is 0 Å². The van der Waals surface area contributed by atoms with Gasteiger partial charge >= 0.3 is 73.4 Å². The molecule has 1 saturated heterocycles. The molecule has 2 nitrogen and oxygen atoms in total. The van der Waals surface area contributed by atoms with Gasteiger partial charge in [0.15, 0.2) is 0 Å². The Bertz CT molecular complexity index is 1400. The summed E-state index contributed by atoms with van der Waals surface area (Å²) in [5.41, 5.74) is 12.9. The molecule has 4 fully saturated rings. The minimum atomic E-state index is -1.61. The maximum atomic E-state index is 5.67. The van der Waals surface area contributed by atoms with Crippen LogP contribution in [-0.4, -0.2) is 23.4 Å². The Morgan fingerprint density at radius 3 is 1.27 bits per heavy atom. The van der Waals surface area contributed by atoms with Gasteiger partial charge in [0.25, 0.3) is 0 Å². The van der Waals surface area contributed by atoms with Crippen molar-refractivity contribution in [2.75, 3.05) is 22.9 Å². The van der Waals surface area contributed by atoms with Gasteiger partial charge in [0.2, 0.25) is 0 Å². The van der Waals surface area contributed by atoms with Crippen molar-refractivity contribution in [2.24, 2.45) is 11.8 Å². The number of benzene rings is 3. The second kappa shape index (κ2) is 23.0. The van der Waals surface area contributed by atoms with Gasteiger partial charge < -0.3 is 9.80 Å². The molecule has 4 aliphatic rings. The molecule has 7 rings (SSSR count). The van der Waals surface area contributed by atoms with E-state index in [1.54, 1.807) is 25.7 Å². The van der Waals surface area contributed by atoms with Crippen molar-refractivity contribution in [1.29, 1.82) is 0 Å². The number of halogens is 2. The summed E-state index contributed by atoms with van der Waals surface area (Å²) in [6.45, 7) is 17.6. The van der Waals surface area contributed by atoms with Crippen molar-refractivity contribution >= 4 is 44.6 Å². The SMILES string of the molecule is C1CCC(C2CCCCC2)CC1.Cc1cc(C)c(N2[CH-]N(c3c(C)cc(C)cc3C)CC2)c(C)c1.PC1CCCCC1.[Cl][Ru]([Cl])=[CH]c1ccccc1. The first kappa shape index (κ1) is 43.5. The molecule has 0 amide bonds. The third kappa shape index (κ3) is 14.4. The normalized spacial score (nSPS) is 18.7. The fourth-order valence-electron chi connectivity index (χ4n) is 9.04. The van der Waals surface area contributed by atoms with E-state index in [1.165, 1.54) is 115 Å². The van der Waals surface area contributed by atoms with Crippen LogP contribution in [0, 0.1) is 60.0 Å². The van der Waals surface area contributed by atoms with Gasteiger partial charge in [0.05, 0.1) is 0 Å². The summed E-state index contributed by atoms with van der Waals surface area (Å²) in [5.74, 6) is 2.28. The number of nitrogens with zero attached hydrogens (tertiary/aromatic N) is 2. The van der Waals surface area contributed by atoms with E-state index in [-0.39, 0.29) is 0 Å². The first-order valence-electron chi connectivity index (χ1n) is 20.2. The summed E-state index contributed by atoms with van der Waals surface area (Å²) in [7, 11) is 14.2. The molecule has 0 spiro atoms. The number of aryl methyl sites for hydroxylation is 6. The van der Waals surface area contributed by atoms with Crippen LogP contribution in [0.25, 0.3) is 0 Å². The van der Waals surface area contributed by atoms with Crippen molar-refractivity contribution in [2.45, 2.75) is 144 Å². The van der Waals surface area contributed by atoms with Gasteiger partial charge in [-0.15, -0.1) is 9.24 Å². The first-order chi connectivity index (χ1) is 25.0. The molecule has 290 valence electrons. The Labute approximate surface area is 334 Å². The first-order valence-corrected chi connectivity index (χ1v) is 26.3. The fourth-order valence-corrected chi connectivity index (χ4v) is 11.3. The zero-order valence-corrected chi connectivity index (χ0v) is 37.6. The van der Waals surface area contributed by atoms with Crippen LogP contribution in [-0.2, 0) is 13.5 Å². The molecule has 1 heterocycles. The molecule has 1 atom stereocenters. The predicted octanol–water partition coefficient (Wildman–Crippen LogP) is 14.1. The standard InChI is InChI=1S/C21H27N2.C12H22.C7H6.C6H13P.2ClH.Ru/c1-14-9-16(3)20(17(4)10-14)22-7-8-23(13-22)21-18(5)11-15(2)12-19(21)6;1-3-7-11(8-4-1)12-9-5-2-6-10-12;1-7-5-3-2-4-6-7;7-6-4-2-1-3-5-6;;;/h9-13H,7-8H2,1-6H3;11-12H,1-10H2;1-6H;6H,1-5,7H2;2*1H;/q-1;;;;;;+2/p-2. The van der Waals surface area contributed by atoms with Crippen molar-refractivity contribution in [3.8, 4) is 0 Å². The van der Waals surface area contributed by atoms with Crippen LogP contribution >= 0.6 is 28.6 Å². The van der Waals surface area contributed by atoms with Crippen LogP contribution in [0.5, 0.6) is 0 Å². The number of anilines is 2. The zero-order chi connectivity index (χ0) is 37.5. The van der Waals surface area contributed by atoms with E-state index in [0.29, 0.717) is 0 Å². The maximum absolute atomic E-state index is 5.67. The topological polar surface area (TPSA) is 6.48 Å². The van der Waals surface area contributed by atoms with E-state index < -0.39 is 13.5 Å². The predicted molar refractivity (Wildman–Crippen MR) is 233 cm³/mol. The molecule has 0 radical (unpaired) electrons. The van der Waals surface area contributed by atoms with Crippen LogP contribution in [0.4, 0.5) is 11.4 Å². The van der Waals surface area contributed by atoms with E-state index in [1.807, 2.05) is 34.9 Å². The van der Waals surface area contributed by atoms with Crippen molar-refractivity contribution in [1.82, 2.24) is 0 Å². The molecule has 0 aromatic heterocycles. The van der Waals surface area contributed by atoms with Crippen LogP contribution in [0.1, 0.15) is 135 Å². The van der Waals surface area contributed by atoms with Gasteiger partial charge in [0, 0.05) is 24.5 Å². The van der Waals surface area contributed by atoms with Crippen LogP contribution in [0.15, 0.2) is 54.6 Å². The van der Waals surface area contributed by atoms with Crippen molar-refractivity contribution < 1.29 is 13.5 Å². The molecular weight excluding hydrogens is 783 g/mol. The Kier molecular flexibility index (Phi) is 19.2. The second-order valence-corrected chi connectivity index (χ2v) is 22.6. The fraction of sp³-hybridized carbons (Fsp3) is 0.565. The third-order valence-electron chi connectivity index (χ3n) is 11.3.